The van der Waals surface area contributed by atoms with E-state index in [4.69, 9.17) is 0 Å². The monoisotopic (exact) mass is 306 g/mol. The van der Waals surface area contributed by atoms with Gasteiger partial charge in [-0.25, -0.2) is 9.50 Å². The molecule has 0 radical (unpaired) electrons. The zero-order valence-corrected chi connectivity index (χ0v) is 12.8. The van der Waals surface area contributed by atoms with Gasteiger partial charge in [0.15, 0.2) is 5.65 Å². The van der Waals surface area contributed by atoms with Crippen LogP contribution in [0.3, 0.4) is 0 Å². The fourth-order valence-electron chi connectivity index (χ4n) is 4.28. The fourth-order valence-corrected chi connectivity index (χ4v) is 4.28. The molecule has 116 valence electrons. The highest BCUT2D eigenvalue weighted by molar-refractivity contribution is 5.39. The van der Waals surface area contributed by atoms with Crippen LogP contribution in [-0.2, 0) is 6.54 Å². The molecular weight excluding hydrogens is 288 g/mol. The molecule has 2 aliphatic heterocycles. The van der Waals surface area contributed by atoms with Crippen molar-refractivity contribution in [2.24, 2.45) is 0 Å². The predicted molar refractivity (Wildman–Crippen MR) is 87.4 cm³/mol. The van der Waals surface area contributed by atoms with Crippen molar-refractivity contribution in [1.29, 1.82) is 0 Å². The van der Waals surface area contributed by atoms with Crippen LogP contribution in [0.1, 0.15) is 41.6 Å². The second kappa shape index (κ2) is 4.80. The summed E-state index contributed by atoms with van der Waals surface area (Å²) in [6.07, 6.45) is 4.21. The molecule has 1 saturated heterocycles. The van der Waals surface area contributed by atoms with Gasteiger partial charge in [0.2, 0.25) is 0 Å². The van der Waals surface area contributed by atoms with E-state index in [0.29, 0.717) is 17.6 Å². The van der Waals surface area contributed by atoms with Crippen molar-refractivity contribution >= 4 is 5.65 Å². The normalized spacial score (nSPS) is 23.3. The summed E-state index contributed by atoms with van der Waals surface area (Å²) in [6.45, 7) is 1.81. The highest BCUT2D eigenvalue weighted by Crippen LogP contribution is 2.46. The minimum absolute atomic E-state index is 0.0439. The predicted octanol–water partition coefficient (Wildman–Crippen LogP) is 2.46. The standard InChI is InChI=1S/C18H18N4O/c23-18-9-13(20-17-7-8-19-22(17)18)11-21-10-12-5-6-16(21)15-4-2-1-3-14(12)15/h1-4,7-9,12,16,19H,5-6,10-11H2/t12-,16-/m0/s1. The topological polar surface area (TPSA) is 53.4 Å². The lowest BCUT2D eigenvalue weighted by Gasteiger charge is -2.46. The van der Waals surface area contributed by atoms with Crippen LogP contribution in [0.15, 0.2) is 47.4 Å². The van der Waals surface area contributed by atoms with Crippen LogP contribution < -0.4 is 5.56 Å². The molecule has 0 amide bonds. The highest BCUT2D eigenvalue weighted by Gasteiger charge is 2.37. The smallest absolute Gasteiger partial charge is 0.272 e. The maximum Gasteiger partial charge on any atom is 0.272 e. The van der Waals surface area contributed by atoms with E-state index >= 15 is 0 Å². The van der Waals surface area contributed by atoms with Crippen LogP contribution in [0.5, 0.6) is 0 Å². The van der Waals surface area contributed by atoms with Crippen LogP contribution in [0.25, 0.3) is 5.65 Å². The number of aromatic amines is 1. The van der Waals surface area contributed by atoms with Crippen molar-refractivity contribution < 1.29 is 0 Å². The fraction of sp³-hybridized carbons (Fsp3) is 0.333. The molecule has 1 aliphatic carbocycles. The van der Waals surface area contributed by atoms with E-state index in [1.54, 1.807) is 12.3 Å². The molecule has 5 nitrogen and oxygen atoms in total. The summed E-state index contributed by atoms with van der Waals surface area (Å²) < 4.78 is 1.47. The van der Waals surface area contributed by atoms with E-state index in [1.807, 2.05) is 6.07 Å². The van der Waals surface area contributed by atoms with Gasteiger partial charge < -0.3 is 0 Å². The average molecular weight is 306 g/mol. The van der Waals surface area contributed by atoms with E-state index in [0.717, 1.165) is 18.8 Å². The lowest BCUT2D eigenvalue weighted by Crippen LogP contribution is -2.42. The molecule has 0 spiro atoms. The van der Waals surface area contributed by atoms with E-state index in [2.05, 4.69) is 39.2 Å². The molecule has 5 heteroatoms. The lowest BCUT2D eigenvalue weighted by atomic mass is 9.75. The first-order valence-corrected chi connectivity index (χ1v) is 8.18. The number of aromatic nitrogens is 3. The maximum absolute atomic E-state index is 12.1. The van der Waals surface area contributed by atoms with Gasteiger partial charge in [0.05, 0.1) is 5.69 Å². The van der Waals surface area contributed by atoms with Crippen LogP contribution >= 0.6 is 0 Å². The number of fused-ring (bicyclic) bond motifs is 3. The Bertz CT molecular complexity index is 941. The van der Waals surface area contributed by atoms with E-state index in [9.17, 15) is 4.79 Å². The molecule has 3 aliphatic rings. The van der Waals surface area contributed by atoms with Gasteiger partial charge in [0, 0.05) is 37.5 Å². The molecule has 1 fully saturated rings. The van der Waals surface area contributed by atoms with Gasteiger partial charge in [0.25, 0.3) is 5.56 Å². The van der Waals surface area contributed by atoms with E-state index < -0.39 is 0 Å². The van der Waals surface area contributed by atoms with Crippen molar-refractivity contribution in [3.8, 4) is 0 Å². The first-order valence-electron chi connectivity index (χ1n) is 8.18. The molecular formula is C18H18N4O. The van der Waals surface area contributed by atoms with Crippen LogP contribution in [0.2, 0.25) is 0 Å². The minimum atomic E-state index is -0.0439. The van der Waals surface area contributed by atoms with Gasteiger partial charge >= 0.3 is 0 Å². The molecule has 4 heterocycles. The second-order valence-electron chi connectivity index (χ2n) is 6.59. The number of piperidine rings is 1. The quantitative estimate of drug-likeness (QED) is 0.791. The van der Waals surface area contributed by atoms with Crippen LogP contribution in [0, 0.1) is 0 Å². The zero-order chi connectivity index (χ0) is 15.4. The summed E-state index contributed by atoms with van der Waals surface area (Å²) in [6, 6.07) is 12.8. The summed E-state index contributed by atoms with van der Waals surface area (Å²) >= 11 is 0. The van der Waals surface area contributed by atoms with Gasteiger partial charge in [-0.2, -0.15) is 0 Å². The number of hydrogen-bond acceptors (Lipinski definition) is 3. The molecule has 3 aromatic rings. The van der Waals surface area contributed by atoms with Gasteiger partial charge in [-0.15, -0.1) is 0 Å². The maximum atomic E-state index is 12.1. The van der Waals surface area contributed by atoms with Crippen molar-refractivity contribution in [3.63, 3.8) is 0 Å². The van der Waals surface area contributed by atoms with E-state index in [-0.39, 0.29) is 5.56 Å². The molecule has 6 rings (SSSR count). The Morgan fingerprint density at radius 2 is 2.04 bits per heavy atom. The molecule has 0 saturated carbocycles. The SMILES string of the molecule is O=c1cc(CN2C[C@@H]3CC[C@H]2c2ccccc23)nc2cc[nH]n12. The third-order valence-corrected chi connectivity index (χ3v) is 5.28. The minimum Gasteiger partial charge on any atom is -0.297 e. The number of hydrogen-bond donors (Lipinski definition) is 1. The number of benzene rings is 1. The Hall–Kier alpha value is -2.40. The van der Waals surface area contributed by atoms with Crippen molar-refractivity contribution in [3.05, 3.63) is 69.8 Å². The summed E-state index contributed by atoms with van der Waals surface area (Å²) in [7, 11) is 0. The Morgan fingerprint density at radius 3 is 2.96 bits per heavy atom. The van der Waals surface area contributed by atoms with Gasteiger partial charge in [-0.3, -0.25) is 14.8 Å². The summed E-state index contributed by atoms with van der Waals surface area (Å²) in [5.74, 6) is 0.619. The Morgan fingerprint density at radius 1 is 1.17 bits per heavy atom. The zero-order valence-electron chi connectivity index (χ0n) is 12.8. The largest absolute Gasteiger partial charge is 0.297 e. The second-order valence-corrected chi connectivity index (χ2v) is 6.59. The third-order valence-electron chi connectivity index (χ3n) is 5.28. The lowest BCUT2D eigenvalue weighted by molar-refractivity contribution is 0.103. The Balaban J connectivity index is 1.50. The molecule has 2 aromatic heterocycles. The molecule has 1 N–H and O–H groups in total. The van der Waals surface area contributed by atoms with Crippen molar-refractivity contribution in [1.82, 2.24) is 19.5 Å². The third kappa shape index (κ3) is 1.96. The van der Waals surface area contributed by atoms with Gasteiger partial charge in [-0.05, 0) is 29.9 Å². The molecule has 23 heavy (non-hydrogen) atoms. The Labute approximate surface area is 133 Å². The molecule has 2 atom stereocenters. The summed E-state index contributed by atoms with van der Waals surface area (Å²) in [5.41, 5.74) is 4.50. The molecule has 2 bridgehead atoms. The van der Waals surface area contributed by atoms with Crippen molar-refractivity contribution in [2.75, 3.05) is 6.54 Å². The number of nitrogens with one attached hydrogen (secondary N) is 1. The molecule has 1 aromatic carbocycles. The van der Waals surface area contributed by atoms with Crippen molar-refractivity contribution in [2.45, 2.75) is 31.3 Å². The van der Waals surface area contributed by atoms with Crippen LogP contribution in [-0.4, -0.2) is 26.0 Å². The van der Waals surface area contributed by atoms with E-state index in [1.165, 1.54) is 28.5 Å². The van der Waals surface area contributed by atoms with Crippen LogP contribution in [0.4, 0.5) is 0 Å². The highest BCUT2D eigenvalue weighted by atomic mass is 16.1. The average Bonchev–Trinajstić information content (AvgIpc) is 3.05. The number of rotatable bonds is 2. The summed E-state index contributed by atoms with van der Waals surface area (Å²) in [5, 5.41) is 2.89. The van der Waals surface area contributed by atoms with Gasteiger partial charge in [-0.1, -0.05) is 24.3 Å². The first-order chi connectivity index (χ1) is 11.3. The molecule has 0 unspecified atom stereocenters. The number of H-pyrrole nitrogens is 1. The Kier molecular flexibility index (Phi) is 2.73. The number of nitrogens with zero attached hydrogens (tertiary/aromatic N) is 3. The van der Waals surface area contributed by atoms with Gasteiger partial charge in [0.1, 0.15) is 0 Å². The summed E-state index contributed by atoms with van der Waals surface area (Å²) in [4.78, 5) is 19.2. The first kappa shape index (κ1) is 13.1.